The second-order valence-corrected chi connectivity index (χ2v) is 7.19. The van der Waals surface area contributed by atoms with Gasteiger partial charge in [-0.25, -0.2) is 4.98 Å². The van der Waals surface area contributed by atoms with Gasteiger partial charge in [0.25, 0.3) is 0 Å². The lowest BCUT2D eigenvalue weighted by Crippen LogP contribution is -2.12. The maximum absolute atomic E-state index is 10.8. The van der Waals surface area contributed by atoms with Crippen molar-refractivity contribution in [1.82, 2.24) is 4.98 Å². The van der Waals surface area contributed by atoms with Crippen LogP contribution in [0.15, 0.2) is 12.3 Å². The number of rotatable bonds is 11. The predicted molar refractivity (Wildman–Crippen MR) is 122 cm³/mol. The largest absolute Gasteiger partial charge is 0.469 e. The van der Waals surface area contributed by atoms with Crippen molar-refractivity contribution in [3.05, 3.63) is 23.4 Å². The second-order valence-electron chi connectivity index (χ2n) is 5.97. The molecule has 4 N–H and O–H groups in total. The zero-order chi connectivity index (χ0) is 23.4. The van der Waals surface area contributed by atoms with Crippen LogP contribution in [0.3, 0.4) is 0 Å². The fraction of sp³-hybridized carbons (Fsp3) is 0.619. The normalized spacial score (nSPS) is 9.37. The number of hydrogen-bond donors (Lipinski definition) is 2. The van der Waals surface area contributed by atoms with Crippen molar-refractivity contribution in [3.8, 4) is 0 Å². The molecule has 0 spiro atoms. The van der Waals surface area contributed by atoms with Gasteiger partial charge in [0.2, 0.25) is 5.91 Å². The van der Waals surface area contributed by atoms with E-state index in [0.717, 1.165) is 42.8 Å². The molecule has 1 amide bonds. The Kier molecular flexibility index (Phi) is 19.9. The Morgan fingerprint density at radius 2 is 1.43 bits per heavy atom. The highest BCUT2D eigenvalue weighted by atomic mass is 32.2. The summed E-state index contributed by atoms with van der Waals surface area (Å²) in [4.78, 5) is 36.0. The average molecular weight is 444 g/mol. The first-order chi connectivity index (χ1) is 14.3. The maximum Gasteiger partial charge on any atom is 0.305 e. The van der Waals surface area contributed by atoms with E-state index in [2.05, 4.69) is 14.5 Å². The number of unbranched alkanes of at least 4 members (excludes halogenated alkanes) is 2. The minimum atomic E-state index is -0.486. The van der Waals surface area contributed by atoms with Gasteiger partial charge >= 0.3 is 11.9 Å². The molecule has 1 aromatic heterocycles. The van der Waals surface area contributed by atoms with Crippen LogP contribution >= 0.6 is 11.8 Å². The van der Waals surface area contributed by atoms with Gasteiger partial charge in [-0.3, -0.25) is 14.4 Å². The molecule has 0 atom stereocenters. The van der Waals surface area contributed by atoms with Crippen LogP contribution in [0.5, 0.6) is 0 Å². The number of nitrogens with zero attached hydrogens (tertiary/aromatic N) is 1. The lowest BCUT2D eigenvalue weighted by molar-refractivity contribution is -0.141. The van der Waals surface area contributed by atoms with Crippen molar-refractivity contribution < 1.29 is 23.9 Å². The molecule has 0 aliphatic heterocycles. The number of hydrogen-bond acceptors (Lipinski definition) is 8. The van der Waals surface area contributed by atoms with E-state index in [1.54, 1.807) is 13.0 Å². The predicted octanol–water partition coefficient (Wildman–Crippen LogP) is 3.50. The summed E-state index contributed by atoms with van der Waals surface area (Å²) >= 11 is 1.87. The molecule has 9 heteroatoms. The fourth-order valence-corrected chi connectivity index (χ4v) is 2.99. The molecule has 172 valence electrons. The lowest BCUT2D eigenvalue weighted by atomic mass is 10.2. The van der Waals surface area contributed by atoms with Crippen molar-refractivity contribution >= 4 is 35.4 Å². The summed E-state index contributed by atoms with van der Waals surface area (Å²) in [6, 6.07) is 1.62. The summed E-state index contributed by atoms with van der Waals surface area (Å²) in [7, 11) is 2.83. The van der Waals surface area contributed by atoms with Crippen molar-refractivity contribution in [2.45, 2.75) is 59.3 Å². The Bertz CT molecular complexity index is 605. The molecular formula is C21H37N3O5S. The molecule has 8 nitrogen and oxygen atoms in total. The highest BCUT2D eigenvalue weighted by molar-refractivity contribution is 7.99. The van der Waals surface area contributed by atoms with Gasteiger partial charge in [-0.2, -0.15) is 11.8 Å². The van der Waals surface area contributed by atoms with Gasteiger partial charge in [0.15, 0.2) is 0 Å². The van der Waals surface area contributed by atoms with E-state index < -0.39 is 5.91 Å². The van der Waals surface area contributed by atoms with Gasteiger partial charge < -0.3 is 20.9 Å². The molecule has 0 aliphatic rings. The molecule has 0 aliphatic carbocycles. The summed E-state index contributed by atoms with van der Waals surface area (Å²) in [5.74, 6) is 1.81. The number of primary amides is 1. The number of pyridine rings is 1. The van der Waals surface area contributed by atoms with Gasteiger partial charge in [-0.05, 0) is 55.7 Å². The van der Waals surface area contributed by atoms with Gasteiger partial charge in [-0.1, -0.05) is 13.8 Å². The Morgan fingerprint density at radius 1 is 0.967 bits per heavy atom. The third-order valence-corrected chi connectivity index (χ3v) is 4.85. The molecule has 1 aromatic rings. The summed E-state index contributed by atoms with van der Waals surface area (Å²) in [6.07, 6.45) is 6.25. The number of carbonyl (C=O) groups excluding carboxylic acids is 3. The fourth-order valence-electron chi connectivity index (χ4n) is 1.97. The monoisotopic (exact) mass is 443 g/mol. The number of anilines is 1. The number of nitrogens with two attached hydrogens (primary N) is 2. The molecule has 1 heterocycles. The standard InChI is InChI=1S/C12H22O4S.C7H9N3O.C2H6/c1-15-11(13)7-3-5-9-17-10-6-4-8-12(14)16-2;1-4-2-5(7(9)11)3-10-6(4)8;1-2/h3-10H2,1-2H3;2-3H,1H3,(H2,8,10)(H2,9,11);1-2H3. The van der Waals surface area contributed by atoms with Crippen LogP contribution in [0.2, 0.25) is 0 Å². The van der Waals surface area contributed by atoms with Crippen molar-refractivity contribution in [2.75, 3.05) is 31.5 Å². The van der Waals surface area contributed by atoms with E-state index in [0.29, 0.717) is 24.2 Å². The molecule has 0 fully saturated rings. The van der Waals surface area contributed by atoms with Gasteiger partial charge in [0, 0.05) is 19.0 Å². The van der Waals surface area contributed by atoms with Crippen LogP contribution in [-0.2, 0) is 19.1 Å². The first kappa shape index (κ1) is 29.9. The van der Waals surface area contributed by atoms with Crippen molar-refractivity contribution in [3.63, 3.8) is 0 Å². The molecular weight excluding hydrogens is 406 g/mol. The van der Waals surface area contributed by atoms with E-state index >= 15 is 0 Å². The highest BCUT2D eigenvalue weighted by Crippen LogP contribution is 2.10. The molecule has 0 saturated carbocycles. The van der Waals surface area contributed by atoms with Crippen LogP contribution in [-0.4, -0.2) is 48.6 Å². The van der Waals surface area contributed by atoms with Crippen molar-refractivity contribution in [2.24, 2.45) is 5.73 Å². The summed E-state index contributed by atoms with van der Waals surface area (Å²) < 4.78 is 9.11. The number of thioether (sulfide) groups is 1. The summed E-state index contributed by atoms with van der Waals surface area (Å²) in [5.41, 5.74) is 11.6. The Balaban J connectivity index is 0. The van der Waals surface area contributed by atoms with E-state index in [-0.39, 0.29) is 11.9 Å². The quantitative estimate of drug-likeness (QED) is 0.392. The molecule has 0 unspecified atom stereocenters. The van der Waals surface area contributed by atoms with Crippen LogP contribution < -0.4 is 11.5 Å². The number of amides is 1. The van der Waals surface area contributed by atoms with E-state index in [4.69, 9.17) is 11.5 Å². The number of aromatic nitrogens is 1. The number of nitrogen functional groups attached to an aromatic ring is 1. The number of methoxy groups -OCH3 is 2. The van der Waals surface area contributed by atoms with E-state index in [9.17, 15) is 14.4 Å². The third-order valence-electron chi connectivity index (χ3n) is 3.70. The molecule has 0 bridgehead atoms. The number of carbonyl (C=O) groups is 3. The van der Waals surface area contributed by atoms with Crippen molar-refractivity contribution in [1.29, 1.82) is 0 Å². The summed E-state index contributed by atoms with van der Waals surface area (Å²) in [5, 5.41) is 0. The van der Waals surface area contributed by atoms with Crippen LogP contribution in [0.4, 0.5) is 5.82 Å². The van der Waals surface area contributed by atoms with Gasteiger partial charge in [-0.15, -0.1) is 0 Å². The minimum absolute atomic E-state index is 0.131. The zero-order valence-electron chi connectivity index (χ0n) is 18.9. The Hall–Kier alpha value is -2.29. The zero-order valence-corrected chi connectivity index (χ0v) is 19.7. The van der Waals surface area contributed by atoms with Crippen LogP contribution in [0.25, 0.3) is 0 Å². The summed E-state index contributed by atoms with van der Waals surface area (Å²) in [6.45, 7) is 5.77. The topological polar surface area (TPSA) is 135 Å². The number of esters is 2. The molecule has 0 aromatic carbocycles. The average Bonchev–Trinajstić information content (AvgIpc) is 2.75. The highest BCUT2D eigenvalue weighted by Gasteiger charge is 2.02. The van der Waals surface area contributed by atoms with Crippen LogP contribution in [0, 0.1) is 6.92 Å². The minimum Gasteiger partial charge on any atom is -0.469 e. The second kappa shape index (κ2) is 20.0. The number of aryl methyl sites for hydroxylation is 1. The number of ether oxygens (including phenoxy) is 2. The SMILES string of the molecule is CC.COC(=O)CCCCSCCCCC(=O)OC.Cc1cc(C(N)=O)cnc1N. The molecule has 0 radical (unpaired) electrons. The maximum atomic E-state index is 10.8. The van der Waals surface area contributed by atoms with E-state index in [1.165, 1.54) is 20.4 Å². The Morgan fingerprint density at radius 3 is 1.80 bits per heavy atom. The van der Waals surface area contributed by atoms with Gasteiger partial charge in [0.1, 0.15) is 5.82 Å². The Labute approximate surface area is 184 Å². The van der Waals surface area contributed by atoms with E-state index in [1.807, 2.05) is 25.6 Å². The lowest BCUT2D eigenvalue weighted by Gasteiger charge is -2.02. The molecule has 1 rings (SSSR count). The smallest absolute Gasteiger partial charge is 0.305 e. The third kappa shape index (κ3) is 16.6. The molecule has 30 heavy (non-hydrogen) atoms. The first-order valence-corrected chi connectivity index (χ1v) is 11.2. The molecule has 0 saturated heterocycles. The van der Waals surface area contributed by atoms with Crippen LogP contribution in [0.1, 0.15) is 68.3 Å². The van der Waals surface area contributed by atoms with Gasteiger partial charge in [0.05, 0.1) is 19.8 Å². The first-order valence-electron chi connectivity index (χ1n) is 10.0.